The van der Waals surface area contributed by atoms with Gasteiger partial charge < -0.3 is 14.8 Å². The fraction of sp³-hybridized carbons (Fsp3) is 0.350. The number of hydrogen-bond acceptors (Lipinski definition) is 3. The van der Waals surface area contributed by atoms with Crippen molar-refractivity contribution in [2.45, 2.75) is 33.3 Å². The molecular weight excluding hydrogens is 286 g/mol. The van der Waals surface area contributed by atoms with Gasteiger partial charge in [-0.15, -0.1) is 0 Å². The highest BCUT2D eigenvalue weighted by atomic mass is 16.5. The van der Waals surface area contributed by atoms with Crippen LogP contribution in [-0.2, 0) is 11.4 Å². The first-order chi connectivity index (χ1) is 11.0. The van der Waals surface area contributed by atoms with E-state index in [9.17, 15) is 4.79 Å². The lowest BCUT2D eigenvalue weighted by Gasteiger charge is -2.14. The maximum Gasteiger partial charge on any atom is 0.127 e. The predicted octanol–water partition coefficient (Wildman–Crippen LogP) is 4.02. The highest BCUT2D eigenvalue weighted by Gasteiger charge is 2.10. The van der Waals surface area contributed by atoms with E-state index in [4.69, 9.17) is 4.74 Å². The van der Waals surface area contributed by atoms with Crippen molar-refractivity contribution in [2.75, 3.05) is 14.1 Å². The zero-order chi connectivity index (χ0) is 17.2. The number of carbonyl (C=O) groups is 1. The van der Waals surface area contributed by atoms with Crippen molar-refractivity contribution in [3.8, 4) is 5.75 Å². The van der Waals surface area contributed by atoms with Crippen LogP contribution in [0.2, 0.25) is 0 Å². The summed E-state index contributed by atoms with van der Waals surface area (Å²) in [5, 5.41) is 2.75. The lowest BCUT2D eigenvalue weighted by molar-refractivity contribution is -0.108. The summed E-state index contributed by atoms with van der Waals surface area (Å²) < 4.78 is 5.92. The number of aldehydes is 1. The number of hydrogen-bond donors (Lipinski definition) is 1. The third-order valence-corrected chi connectivity index (χ3v) is 3.48. The molecule has 0 aliphatic carbocycles. The van der Waals surface area contributed by atoms with E-state index in [1.165, 1.54) is 5.56 Å². The first kappa shape index (κ1) is 18.9. The van der Waals surface area contributed by atoms with Gasteiger partial charge in [0.15, 0.2) is 0 Å². The van der Waals surface area contributed by atoms with Crippen molar-refractivity contribution in [3.63, 3.8) is 0 Å². The second kappa shape index (κ2) is 9.80. The molecule has 0 saturated heterocycles. The summed E-state index contributed by atoms with van der Waals surface area (Å²) in [6.07, 6.45) is 0.969. The van der Waals surface area contributed by atoms with Crippen molar-refractivity contribution in [1.82, 2.24) is 5.32 Å². The Hall–Kier alpha value is -2.13. The molecule has 0 aliphatic rings. The second-order valence-corrected chi connectivity index (χ2v) is 5.68. The Balaban J connectivity index is 0.000000816. The number of nitrogens with one attached hydrogen (secondary N) is 1. The maximum atomic E-state index is 11.0. The fourth-order valence-electron chi connectivity index (χ4n) is 2.20. The second-order valence-electron chi connectivity index (χ2n) is 5.68. The van der Waals surface area contributed by atoms with Crippen LogP contribution < -0.4 is 10.1 Å². The summed E-state index contributed by atoms with van der Waals surface area (Å²) in [7, 11) is 3.75. The summed E-state index contributed by atoms with van der Waals surface area (Å²) in [5.41, 5.74) is 4.40. The largest absolute Gasteiger partial charge is 0.489 e. The van der Waals surface area contributed by atoms with Gasteiger partial charge in [-0.05, 0) is 56.3 Å². The van der Waals surface area contributed by atoms with Gasteiger partial charge in [-0.1, -0.05) is 43.3 Å². The average molecular weight is 313 g/mol. The van der Waals surface area contributed by atoms with Crippen LogP contribution in [0.5, 0.6) is 5.75 Å². The van der Waals surface area contributed by atoms with E-state index in [1.54, 1.807) is 0 Å². The molecule has 0 radical (unpaired) electrons. The number of carbonyl (C=O) groups excluding carboxylic acids is 1. The van der Waals surface area contributed by atoms with Crippen LogP contribution in [0, 0.1) is 13.8 Å². The van der Waals surface area contributed by atoms with Crippen LogP contribution in [0.4, 0.5) is 0 Å². The molecule has 2 aromatic carbocycles. The highest BCUT2D eigenvalue weighted by Crippen LogP contribution is 2.23. The van der Waals surface area contributed by atoms with Crippen molar-refractivity contribution in [3.05, 3.63) is 64.7 Å². The van der Waals surface area contributed by atoms with Gasteiger partial charge in [-0.25, -0.2) is 0 Å². The van der Waals surface area contributed by atoms with Crippen molar-refractivity contribution < 1.29 is 9.53 Å². The SMILES string of the molecule is CNC.Cc1ccc(C)c(OCc2ccccc2C(C)C=O)c1. The number of ether oxygens (including phenoxy) is 1. The molecule has 0 aromatic heterocycles. The molecule has 2 rings (SSSR count). The lowest BCUT2D eigenvalue weighted by atomic mass is 9.97. The van der Waals surface area contributed by atoms with Gasteiger partial charge >= 0.3 is 0 Å². The number of aryl methyl sites for hydroxylation is 2. The molecule has 3 nitrogen and oxygen atoms in total. The maximum absolute atomic E-state index is 11.0. The summed E-state index contributed by atoms with van der Waals surface area (Å²) in [6, 6.07) is 14.1. The van der Waals surface area contributed by atoms with Crippen molar-refractivity contribution in [1.29, 1.82) is 0 Å². The first-order valence-electron chi connectivity index (χ1n) is 7.85. The molecule has 1 atom stereocenters. The van der Waals surface area contributed by atoms with E-state index in [-0.39, 0.29) is 5.92 Å². The topological polar surface area (TPSA) is 38.3 Å². The molecule has 1 unspecified atom stereocenters. The van der Waals surface area contributed by atoms with E-state index in [0.29, 0.717) is 6.61 Å². The third-order valence-electron chi connectivity index (χ3n) is 3.48. The molecule has 0 bridgehead atoms. The number of benzene rings is 2. The van der Waals surface area contributed by atoms with Crippen LogP contribution in [-0.4, -0.2) is 20.4 Å². The Morgan fingerprint density at radius 1 is 1.13 bits per heavy atom. The minimum Gasteiger partial charge on any atom is -0.489 e. The van der Waals surface area contributed by atoms with E-state index in [0.717, 1.165) is 28.7 Å². The molecule has 23 heavy (non-hydrogen) atoms. The van der Waals surface area contributed by atoms with Crippen LogP contribution >= 0.6 is 0 Å². The minimum absolute atomic E-state index is 0.103. The van der Waals surface area contributed by atoms with Gasteiger partial charge in [0.1, 0.15) is 18.6 Å². The first-order valence-corrected chi connectivity index (χ1v) is 7.85. The summed E-state index contributed by atoms with van der Waals surface area (Å²) in [5.74, 6) is 0.798. The van der Waals surface area contributed by atoms with Crippen LogP contribution in [0.15, 0.2) is 42.5 Å². The molecule has 3 heteroatoms. The Morgan fingerprint density at radius 2 is 1.78 bits per heavy atom. The Labute approximate surface area is 139 Å². The molecule has 0 saturated carbocycles. The zero-order valence-corrected chi connectivity index (χ0v) is 14.7. The smallest absolute Gasteiger partial charge is 0.127 e. The Morgan fingerprint density at radius 3 is 2.43 bits per heavy atom. The molecule has 0 heterocycles. The van der Waals surface area contributed by atoms with Gasteiger partial charge in [0, 0.05) is 5.92 Å². The van der Waals surface area contributed by atoms with Gasteiger partial charge in [0.2, 0.25) is 0 Å². The van der Waals surface area contributed by atoms with Crippen molar-refractivity contribution in [2.24, 2.45) is 0 Å². The molecule has 0 amide bonds. The molecule has 2 aromatic rings. The summed E-state index contributed by atoms with van der Waals surface area (Å²) in [6.45, 7) is 6.48. The zero-order valence-electron chi connectivity index (χ0n) is 14.7. The molecule has 0 aliphatic heterocycles. The average Bonchev–Trinajstić information content (AvgIpc) is 2.56. The van der Waals surface area contributed by atoms with Crippen LogP contribution in [0.3, 0.4) is 0 Å². The summed E-state index contributed by atoms with van der Waals surface area (Å²) >= 11 is 0. The lowest BCUT2D eigenvalue weighted by Crippen LogP contribution is -2.04. The van der Waals surface area contributed by atoms with Crippen molar-refractivity contribution >= 4 is 6.29 Å². The van der Waals surface area contributed by atoms with Crippen LogP contribution in [0.1, 0.15) is 35.1 Å². The molecular formula is C20H27NO2. The van der Waals surface area contributed by atoms with E-state index in [2.05, 4.69) is 24.4 Å². The quantitative estimate of drug-likeness (QED) is 0.847. The van der Waals surface area contributed by atoms with Gasteiger partial charge in [0.05, 0.1) is 0 Å². The molecule has 124 valence electrons. The predicted molar refractivity (Wildman–Crippen MR) is 96.2 cm³/mol. The molecule has 1 N–H and O–H groups in total. The Bertz CT molecular complexity index is 623. The van der Waals surface area contributed by atoms with E-state index >= 15 is 0 Å². The third kappa shape index (κ3) is 5.87. The number of rotatable bonds is 5. The van der Waals surface area contributed by atoms with Crippen LogP contribution in [0.25, 0.3) is 0 Å². The van der Waals surface area contributed by atoms with E-state index in [1.807, 2.05) is 58.3 Å². The standard InChI is InChI=1S/C18H20O2.C2H7N/c1-13-8-9-14(2)18(10-13)20-12-16-6-4-5-7-17(16)15(3)11-19;1-3-2/h4-11,15H,12H2,1-3H3;3H,1-2H3. The van der Waals surface area contributed by atoms with Gasteiger partial charge in [-0.2, -0.15) is 0 Å². The van der Waals surface area contributed by atoms with E-state index < -0.39 is 0 Å². The van der Waals surface area contributed by atoms with Gasteiger partial charge in [0.25, 0.3) is 0 Å². The summed E-state index contributed by atoms with van der Waals surface area (Å²) in [4.78, 5) is 11.0. The normalized spacial score (nSPS) is 11.2. The Kier molecular flexibility index (Phi) is 8.06. The molecule has 0 fully saturated rings. The van der Waals surface area contributed by atoms with Gasteiger partial charge in [-0.3, -0.25) is 0 Å². The highest BCUT2D eigenvalue weighted by molar-refractivity contribution is 5.62. The fourth-order valence-corrected chi connectivity index (χ4v) is 2.20. The monoisotopic (exact) mass is 313 g/mol. The minimum atomic E-state index is -0.103. The molecule has 0 spiro atoms.